The van der Waals surface area contributed by atoms with Crippen molar-refractivity contribution < 1.29 is 27.6 Å². The van der Waals surface area contributed by atoms with Crippen molar-refractivity contribution in [2.24, 2.45) is 0 Å². The molecule has 0 aliphatic heterocycles. The Morgan fingerprint density at radius 3 is 2.81 bits per heavy atom. The number of hydrogen-bond donors (Lipinski definition) is 2. The van der Waals surface area contributed by atoms with Gasteiger partial charge in [-0.1, -0.05) is 5.16 Å². The summed E-state index contributed by atoms with van der Waals surface area (Å²) < 4.78 is 42.5. The van der Waals surface area contributed by atoms with Gasteiger partial charge >= 0.3 is 12.3 Å². The molecule has 2 aromatic heterocycles. The number of aromatic nitrogens is 3. The first-order valence-electron chi connectivity index (χ1n) is 5.64. The summed E-state index contributed by atoms with van der Waals surface area (Å²) in [5, 5.41) is 14.2. The van der Waals surface area contributed by atoms with E-state index in [2.05, 4.69) is 20.4 Å². The zero-order valence-corrected chi connectivity index (χ0v) is 10.5. The third kappa shape index (κ3) is 3.46. The number of amides is 1. The van der Waals surface area contributed by atoms with Crippen LogP contribution < -0.4 is 5.32 Å². The summed E-state index contributed by atoms with van der Waals surface area (Å²) in [5.41, 5.74) is -1.02. The topological polar surface area (TPSA) is 101 Å². The number of nitrogens with zero attached hydrogens (tertiary/aromatic N) is 3. The normalized spacial score (nSPS) is 13.0. The molecule has 2 N–H and O–H groups in total. The number of hydrogen-bond acceptors (Lipinski definition) is 5. The lowest BCUT2D eigenvalue weighted by Crippen LogP contribution is -2.24. The lowest BCUT2D eigenvalue weighted by Gasteiger charge is -2.05. The molecule has 1 amide bonds. The molecule has 0 aliphatic carbocycles. The van der Waals surface area contributed by atoms with Crippen molar-refractivity contribution in [3.63, 3.8) is 0 Å². The molecule has 21 heavy (non-hydrogen) atoms. The van der Waals surface area contributed by atoms with Crippen molar-refractivity contribution >= 4 is 6.09 Å². The van der Waals surface area contributed by atoms with Gasteiger partial charge in [0, 0.05) is 11.8 Å². The minimum absolute atomic E-state index is 0.0576. The highest BCUT2D eigenvalue weighted by Gasteiger charge is 2.32. The minimum Gasteiger partial charge on any atom is -0.465 e. The maximum Gasteiger partial charge on any atom is 0.433 e. The predicted octanol–water partition coefficient (Wildman–Crippen LogP) is 2.48. The fraction of sp³-hybridized carbons (Fsp3) is 0.273. The molecule has 0 saturated carbocycles. The fourth-order valence-corrected chi connectivity index (χ4v) is 1.50. The molecule has 0 bridgehead atoms. The van der Waals surface area contributed by atoms with E-state index in [1.165, 1.54) is 13.0 Å². The third-order valence-electron chi connectivity index (χ3n) is 2.46. The largest absolute Gasteiger partial charge is 0.465 e. The first-order valence-corrected chi connectivity index (χ1v) is 5.64. The second-order valence-electron chi connectivity index (χ2n) is 4.05. The van der Waals surface area contributed by atoms with Crippen LogP contribution in [0.2, 0.25) is 0 Å². The zero-order valence-electron chi connectivity index (χ0n) is 10.5. The lowest BCUT2D eigenvalue weighted by molar-refractivity contribution is -0.141. The number of carboxylic acid groups (broad SMARTS) is 1. The van der Waals surface area contributed by atoms with Gasteiger partial charge < -0.3 is 14.9 Å². The predicted molar refractivity (Wildman–Crippen MR) is 62.1 cm³/mol. The van der Waals surface area contributed by atoms with E-state index >= 15 is 0 Å². The Balaban J connectivity index is 2.28. The van der Waals surface area contributed by atoms with Crippen molar-refractivity contribution in [1.82, 2.24) is 20.4 Å². The maximum atomic E-state index is 12.6. The highest BCUT2D eigenvalue weighted by molar-refractivity contribution is 5.65. The molecule has 2 heterocycles. The number of rotatable bonds is 3. The van der Waals surface area contributed by atoms with E-state index in [-0.39, 0.29) is 17.3 Å². The molecule has 0 saturated heterocycles. The van der Waals surface area contributed by atoms with E-state index in [1.54, 1.807) is 0 Å². The Labute approximate surface area is 115 Å². The van der Waals surface area contributed by atoms with Gasteiger partial charge in [-0.15, -0.1) is 0 Å². The lowest BCUT2D eigenvalue weighted by atomic mass is 10.2. The van der Waals surface area contributed by atoms with Crippen molar-refractivity contribution in [3.8, 4) is 11.4 Å². The molecule has 2 rings (SSSR count). The highest BCUT2D eigenvalue weighted by Crippen LogP contribution is 2.29. The van der Waals surface area contributed by atoms with Crippen molar-refractivity contribution in [3.05, 3.63) is 29.9 Å². The average Bonchev–Trinajstić information content (AvgIpc) is 2.86. The van der Waals surface area contributed by atoms with Crippen LogP contribution in [0.4, 0.5) is 18.0 Å². The van der Waals surface area contributed by atoms with Crippen molar-refractivity contribution in [1.29, 1.82) is 0 Å². The molecule has 0 aromatic carbocycles. The fourth-order valence-electron chi connectivity index (χ4n) is 1.50. The Morgan fingerprint density at radius 2 is 2.19 bits per heavy atom. The summed E-state index contributed by atoms with van der Waals surface area (Å²) in [6.45, 7) is 1.46. The Morgan fingerprint density at radius 1 is 1.48 bits per heavy atom. The zero-order chi connectivity index (χ0) is 15.6. The van der Waals surface area contributed by atoms with Crippen LogP contribution in [0.5, 0.6) is 0 Å². The van der Waals surface area contributed by atoms with Crippen molar-refractivity contribution in [2.75, 3.05) is 0 Å². The number of alkyl halides is 3. The number of halogens is 3. The van der Waals surface area contributed by atoms with Gasteiger partial charge in [-0.05, 0) is 19.1 Å². The van der Waals surface area contributed by atoms with Crippen LogP contribution in [-0.2, 0) is 6.18 Å². The molecule has 112 valence electrons. The smallest absolute Gasteiger partial charge is 0.433 e. The summed E-state index contributed by atoms with van der Waals surface area (Å²) in [6.07, 6.45) is -4.89. The van der Waals surface area contributed by atoms with E-state index in [4.69, 9.17) is 9.63 Å². The van der Waals surface area contributed by atoms with Crippen LogP contribution in [0, 0.1) is 0 Å². The number of nitrogens with one attached hydrogen (secondary N) is 1. The van der Waals surface area contributed by atoms with Gasteiger partial charge in [0.25, 0.3) is 0 Å². The molecule has 0 spiro atoms. The van der Waals surface area contributed by atoms with Crippen molar-refractivity contribution in [2.45, 2.75) is 19.1 Å². The first-order chi connectivity index (χ1) is 9.77. The van der Waals surface area contributed by atoms with E-state index in [9.17, 15) is 18.0 Å². The Bertz CT molecular complexity index is 656. The molecule has 0 unspecified atom stereocenters. The summed E-state index contributed by atoms with van der Waals surface area (Å²) in [4.78, 5) is 17.6. The summed E-state index contributed by atoms with van der Waals surface area (Å²) >= 11 is 0. The highest BCUT2D eigenvalue weighted by atomic mass is 19.4. The maximum absolute atomic E-state index is 12.6. The first kappa shape index (κ1) is 14.8. The third-order valence-corrected chi connectivity index (χ3v) is 2.46. The number of pyridine rings is 1. The Kier molecular flexibility index (Phi) is 3.78. The molecule has 0 radical (unpaired) electrons. The van der Waals surface area contributed by atoms with Crippen LogP contribution in [0.1, 0.15) is 24.6 Å². The second-order valence-corrected chi connectivity index (χ2v) is 4.05. The SMILES string of the molecule is C[C@@H](NC(=O)O)c1nc(-c2ccnc(C(F)(F)F)c2)no1. The monoisotopic (exact) mass is 302 g/mol. The number of carbonyl (C=O) groups is 1. The molecule has 1 atom stereocenters. The molecule has 0 aliphatic rings. The van der Waals surface area contributed by atoms with E-state index in [0.717, 1.165) is 12.3 Å². The van der Waals surface area contributed by atoms with Gasteiger partial charge in [-0.2, -0.15) is 18.2 Å². The summed E-state index contributed by atoms with van der Waals surface area (Å²) in [7, 11) is 0. The minimum atomic E-state index is -4.58. The van der Waals surface area contributed by atoms with E-state index in [0.29, 0.717) is 0 Å². The standard InChI is InChI=1S/C11H9F3N4O3/c1-5(16-10(19)20)9-17-8(18-21-9)6-2-3-15-7(4-6)11(12,13)14/h2-5,16H,1H3,(H,19,20)/t5-/m1/s1. The van der Waals surface area contributed by atoms with Crippen LogP contribution in [0.15, 0.2) is 22.9 Å². The van der Waals surface area contributed by atoms with Gasteiger partial charge in [0.2, 0.25) is 11.7 Å². The molecule has 0 fully saturated rings. The Hall–Kier alpha value is -2.65. The van der Waals surface area contributed by atoms with Gasteiger partial charge in [0.05, 0.1) is 0 Å². The van der Waals surface area contributed by atoms with Crippen LogP contribution in [-0.4, -0.2) is 26.3 Å². The van der Waals surface area contributed by atoms with Crippen LogP contribution >= 0.6 is 0 Å². The van der Waals surface area contributed by atoms with Gasteiger partial charge in [0.15, 0.2) is 0 Å². The second kappa shape index (κ2) is 5.38. The average molecular weight is 302 g/mol. The summed E-state index contributed by atoms with van der Waals surface area (Å²) in [6, 6.07) is 1.29. The molecule has 2 aromatic rings. The van der Waals surface area contributed by atoms with Gasteiger partial charge in [-0.25, -0.2) is 4.79 Å². The van der Waals surface area contributed by atoms with E-state index < -0.39 is 24.0 Å². The summed E-state index contributed by atoms with van der Waals surface area (Å²) in [5.74, 6) is -0.144. The van der Waals surface area contributed by atoms with Crippen LogP contribution in [0.3, 0.4) is 0 Å². The van der Waals surface area contributed by atoms with Gasteiger partial charge in [-0.3, -0.25) is 4.98 Å². The van der Waals surface area contributed by atoms with Crippen LogP contribution in [0.25, 0.3) is 11.4 Å². The van der Waals surface area contributed by atoms with Gasteiger partial charge in [0.1, 0.15) is 11.7 Å². The molecule has 10 heteroatoms. The molecular formula is C11H9F3N4O3. The molecular weight excluding hydrogens is 293 g/mol. The quantitative estimate of drug-likeness (QED) is 0.903. The van der Waals surface area contributed by atoms with E-state index in [1.807, 2.05) is 0 Å². The molecule has 7 nitrogen and oxygen atoms in total.